The zero-order valence-corrected chi connectivity index (χ0v) is 15.7. The molecule has 0 N–H and O–H groups in total. The first-order valence-corrected chi connectivity index (χ1v) is 11.6. The molecule has 3 nitrogen and oxygen atoms in total. The van der Waals surface area contributed by atoms with E-state index < -0.39 is 22.3 Å². The topological polar surface area (TPSA) is 9.72 Å². The van der Waals surface area contributed by atoms with Gasteiger partial charge in [0.05, 0.1) is 0 Å². The van der Waals surface area contributed by atoms with Gasteiger partial charge < -0.3 is 0 Å². The van der Waals surface area contributed by atoms with Crippen molar-refractivity contribution in [2.24, 2.45) is 0 Å². The molecule has 4 heteroatoms. The van der Waals surface area contributed by atoms with Gasteiger partial charge >= 0.3 is 112 Å². The van der Waals surface area contributed by atoms with Crippen LogP contribution in [-0.4, -0.2) is 47.9 Å². The molecule has 0 aromatic rings. The molecule has 0 rings (SSSR count). The Labute approximate surface area is 111 Å². The molecule has 16 heavy (non-hydrogen) atoms. The molecule has 0 aromatic carbocycles. The van der Waals surface area contributed by atoms with E-state index in [1.165, 1.54) is 39.3 Å². The summed E-state index contributed by atoms with van der Waals surface area (Å²) in [6, 6.07) is 0. The summed E-state index contributed by atoms with van der Waals surface area (Å²) < 4.78 is 8.26. The summed E-state index contributed by atoms with van der Waals surface area (Å²) in [5, 5.41) is 0. The van der Waals surface area contributed by atoms with Crippen LogP contribution in [0.25, 0.3) is 0 Å². The van der Waals surface area contributed by atoms with Crippen LogP contribution in [0, 0.1) is 0 Å². The molecule has 0 fully saturated rings. The van der Waals surface area contributed by atoms with Gasteiger partial charge in [-0.15, -0.1) is 0 Å². The second-order valence-electron chi connectivity index (χ2n) is 3.82. The van der Waals surface area contributed by atoms with Crippen LogP contribution < -0.4 is 0 Å². The maximum absolute atomic E-state index is 2.75. The van der Waals surface area contributed by atoms with Crippen LogP contribution in [0.15, 0.2) is 0 Å². The normalized spacial score (nSPS) is 11.8. The molecule has 0 spiro atoms. The third-order valence-corrected chi connectivity index (χ3v) is 16.1. The van der Waals surface area contributed by atoms with E-state index >= 15 is 0 Å². The minimum atomic E-state index is -1.91. The van der Waals surface area contributed by atoms with Crippen molar-refractivity contribution >= 4 is 0 Å². The maximum atomic E-state index is 2.75. The first-order valence-electron chi connectivity index (χ1n) is 6.81. The van der Waals surface area contributed by atoms with Gasteiger partial charge in [-0.2, -0.15) is 0 Å². The molecule has 0 heterocycles. The molecule has 0 bridgehead atoms. The summed E-state index contributed by atoms with van der Waals surface area (Å²) in [7, 11) is 0. The molecule has 0 saturated heterocycles. The molecule has 0 atom stereocenters. The number of hydrogen-bond acceptors (Lipinski definition) is 3. The number of hydrogen-bond donors (Lipinski definition) is 0. The van der Waals surface area contributed by atoms with Crippen molar-refractivity contribution in [2.75, 3.05) is 39.3 Å². The first-order chi connectivity index (χ1) is 7.69. The van der Waals surface area contributed by atoms with E-state index in [0.717, 1.165) is 0 Å². The van der Waals surface area contributed by atoms with Crippen LogP contribution in [0.2, 0.25) is 0 Å². The first kappa shape index (κ1) is 16.8. The molecule has 97 valence electrons. The molecule has 0 aliphatic heterocycles. The molecule has 0 aliphatic rings. The van der Waals surface area contributed by atoms with Gasteiger partial charge in [-0.05, 0) is 0 Å². The minimum absolute atomic E-state index is 1.21. The Kier molecular flexibility index (Phi) is 10.2. The van der Waals surface area contributed by atoms with Crippen molar-refractivity contribution in [1.82, 2.24) is 8.66 Å². The van der Waals surface area contributed by atoms with E-state index in [9.17, 15) is 0 Å². The molecule has 0 aliphatic carbocycles. The average Bonchev–Trinajstić information content (AvgIpc) is 2.33. The van der Waals surface area contributed by atoms with Gasteiger partial charge in [-0.25, -0.2) is 0 Å². The van der Waals surface area contributed by atoms with Gasteiger partial charge in [-0.3, -0.25) is 0 Å². The Morgan fingerprint density at radius 1 is 0.500 bits per heavy atom. The summed E-state index contributed by atoms with van der Waals surface area (Å²) in [6.07, 6.45) is 0. The monoisotopic (exact) mass is 396 g/mol. The van der Waals surface area contributed by atoms with Gasteiger partial charge in [0, 0.05) is 0 Å². The zero-order chi connectivity index (χ0) is 12.6. The van der Waals surface area contributed by atoms with E-state index in [1.807, 2.05) is 0 Å². The van der Waals surface area contributed by atoms with Crippen molar-refractivity contribution in [3.05, 3.63) is 0 Å². The Balaban J connectivity index is 4.84. The van der Waals surface area contributed by atoms with Crippen LogP contribution in [0.5, 0.6) is 0 Å². The molecular formula is C12H30HfN3. The van der Waals surface area contributed by atoms with Crippen molar-refractivity contribution in [1.29, 1.82) is 0 Å². The molecule has 0 radical (unpaired) electrons. The van der Waals surface area contributed by atoms with E-state index in [2.05, 4.69) is 50.2 Å². The fraction of sp³-hybridized carbons (Fsp3) is 1.00. The van der Waals surface area contributed by atoms with Crippen LogP contribution >= 0.6 is 0 Å². The van der Waals surface area contributed by atoms with Gasteiger partial charge in [0.15, 0.2) is 0 Å². The van der Waals surface area contributed by atoms with Crippen LogP contribution in [0.1, 0.15) is 41.5 Å². The summed E-state index contributed by atoms with van der Waals surface area (Å²) in [5.41, 5.74) is 0. The van der Waals surface area contributed by atoms with Gasteiger partial charge in [0.25, 0.3) is 0 Å². The standard InChI is InChI=1S/3C4H10N.Hf/c3*1-3-5-4-2;/h3*3-4H2,1-2H3;/q3*-1;+3. The Morgan fingerprint density at radius 3 is 0.812 bits per heavy atom. The third-order valence-electron chi connectivity index (χ3n) is 3.14. The van der Waals surface area contributed by atoms with Crippen LogP contribution in [0.4, 0.5) is 0 Å². The quantitative estimate of drug-likeness (QED) is 0.556. The molecular weight excluding hydrogens is 365 g/mol. The summed E-state index contributed by atoms with van der Waals surface area (Å²) in [4.78, 5) is 0. The van der Waals surface area contributed by atoms with Crippen LogP contribution in [-0.2, 0) is 22.3 Å². The predicted molar refractivity (Wildman–Crippen MR) is 68.8 cm³/mol. The second-order valence-corrected chi connectivity index (χ2v) is 12.8. The van der Waals surface area contributed by atoms with Gasteiger partial charge in [0.1, 0.15) is 0 Å². The van der Waals surface area contributed by atoms with E-state index in [-0.39, 0.29) is 0 Å². The van der Waals surface area contributed by atoms with E-state index in [1.54, 1.807) is 0 Å². The Morgan fingerprint density at radius 2 is 0.688 bits per heavy atom. The Hall–Kier alpha value is 0.750. The van der Waals surface area contributed by atoms with Gasteiger partial charge in [0.2, 0.25) is 0 Å². The SMILES string of the molecule is CC[N](CC)[Hf]([N](CC)CC)[N](CC)CC. The van der Waals surface area contributed by atoms with Crippen molar-refractivity contribution < 1.29 is 22.3 Å². The average molecular weight is 395 g/mol. The van der Waals surface area contributed by atoms with Gasteiger partial charge in [-0.1, -0.05) is 0 Å². The number of nitrogens with zero attached hydrogens (tertiary/aromatic N) is 3. The van der Waals surface area contributed by atoms with E-state index in [0.29, 0.717) is 0 Å². The fourth-order valence-corrected chi connectivity index (χ4v) is 12.5. The molecule has 0 aromatic heterocycles. The third kappa shape index (κ3) is 4.55. The fourth-order valence-electron chi connectivity index (χ4n) is 2.12. The second kappa shape index (κ2) is 9.75. The summed E-state index contributed by atoms with van der Waals surface area (Å²) in [6.45, 7) is 21.1. The van der Waals surface area contributed by atoms with Crippen molar-refractivity contribution in [3.63, 3.8) is 0 Å². The molecule has 0 amide bonds. The van der Waals surface area contributed by atoms with E-state index in [4.69, 9.17) is 0 Å². The Bertz CT molecular complexity index is 126. The predicted octanol–water partition coefficient (Wildman–Crippen LogP) is 2.38. The molecule has 0 saturated carbocycles. The summed E-state index contributed by atoms with van der Waals surface area (Å²) in [5.74, 6) is 0. The number of rotatable bonds is 9. The summed E-state index contributed by atoms with van der Waals surface area (Å²) >= 11 is -1.91. The zero-order valence-electron chi connectivity index (χ0n) is 12.1. The molecule has 0 unspecified atom stereocenters. The van der Waals surface area contributed by atoms with Crippen molar-refractivity contribution in [3.8, 4) is 0 Å². The van der Waals surface area contributed by atoms with Crippen molar-refractivity contribution in [2.45, 2.75) is 41.5 Å². The van der Waals surface area contributed by atoms with Crippen LogP contribution in [0.3, 0.4) is 0 Å².